The molecule has 6 nitrogen and oxygen atoms in total. The number of carbonyl (C=O) groups excluding carboxylic acids is 1. The van der Waals surface area contributed by atoms with Gasteiger partial charge in [0.05, 0.1) is 22.7 Å². The predicted molar refractivity (Wildman–Crippen MR) is 150 cm³/mol. The van der Waals surface area contributed by atoms with Gasteiger partial charge in [0, 0.05) is 17.0 Å². The molecule has 0 aliphatic carbocycles. The van der Waals surface area contributed by atoms with E-state index < -0.39 is 39.4 Å². The summed E-state index contributed by atoms with van der Waals surface area (Å²) in [6.07, 6.45) is -2.66. The molecule has 218 valence electrons. The zero-order valence-corrected chi connectivity index (χ0v) is 23.7. The molecule has 1 atom stereocenters. The second-order valence-electron chi connectivity index (χ2n) is 10.0. The summed E-state index contributed by atoms with van der Waals surface area (Å²) in [4.78, 5) is 11.2. The first-order chi connectivity index (χ1) is 19.1. The van der Waals surface area contributed by atoms with Gasteiger partial charge in [-0.3, -0.25) is 9.10 Å². The SMILES string of the molecule is CC(C)(F)c1cccc(S(=O)(=O)N2C[C@H](CCC(N)=O)Oc3ccc(/C=C/c4c(Cl)cccc4C(F)(F)F)cc32)c1. The van der Waals surface area contributed by atoms with Crippen molar-refractivity contribution < 1.29 is 35.5 Å². The van der Waals surface area contributed by atoms with E-state index in [9.17, 15) is 30.8 Å². The average molecular weight is 611 g/mol. The molecule has 1 amide bonds. The zero-order valence-electron chi connectivity index (χ0n) is 22.1. The number of amides is 1. The van der Waals surface area contributed by atoms with Gasteiger partial charge in [-0.05, 0) is 67.8 Å². The fourth-order valence-electron chi connectivity index (χ4n) is 4.40. The minimum Gasteiger partial charge on any atom is -0.486 e. The maximum Gasteiger partial charge on any atom is 0.417 e. The van der Waals surface area contributed by atoms with Crippen molar-refractivity contribution in [2.45, 2.75) is 49.5 Å². The number of nitrogens with two attached hydrogens (primary N) is 1. The molecule has 0 radical (unpaired) electrons. The highest BCUT2D eigenvalue weighted by atomic mass is 35.5. The third kappa shape index (κ3) is 6.84. The number of rotatable bonds is 8. The molecule has 0 unspecified atom stereocenters. The van der Waals surface area contributed by atoms with Crippen LogP contribution in [0.5, 0.6) is 5.75 Å². The quantitative estimate of drug-likeness (QED) is 0.221. The molecule has 0 bridgehead atoms. The first-order valence-corrected chi connectivity index (χ1v) is 14.3. The molecule has 0 spiro atoms. The molecule has 0 aromatic heterocycles. The van der Waals surface area contributed by atoms with E-state index in [4.69, 9.17) is 22.1 Å². The van der Waals surface area contributed by atoms with Crippen LogP contribution in [-0.2, 0) is 26.7 Å². The van der Waals surface area contributed by atoms with Crippen LogP contribution in [0.25, 0.3) is 12.2 Å². The number of alkyl halides is 4. The lowest BCUT2D eigenvalue weighted by Gasteiger charge is -2.36. The van der Waals surface area contributed by atoms with Crippen LogP contribution in [0.4, 0.5) is 23.2 Å². The van der Waals surface area contributed by atoms with Crippen LogP contribution >= 0.6 is 11.6 Å². The minimum absolute atomic E-state index is 0.0421. The number of carbonyl (C=O) groups is 1. The van der Waals surface area contributed by atoms with Gasteiger partial charge < -0.3 is 10.5 Å². The van der Waals surface area contributed by atoms with Gasteiger partial charge >= 0.3 is 6.18 Å². The van der Waals surface area contributed by atoms with E-state index >= 15 is 0 Å². The van der Waals surface area contributed by atoms with E-state index in [-0.39, 0.29) is 51.9 Å². The molecule has 1 aliphatic rings. The molecule has 12 heteroatoms. The Morgan fingerprint density at radius 3 is 2.44 bits per heavy atom. The number of fused-ring (bicyclic) bond motifs is 1. The lowest BCUT2D eigenvalue weighted by Crippen LogP contribution is -2.44. The van der Waals surface area contributed by atoms with Crippen molar-refractivity contribution in [1.29, 1.82) is 0 Å². The van der Waals surface area contributed by atoms with Gasteiger partial charge in [-0.25, -0.2) is 12.8 Å². The number of nitrogens with zero attached hydrogens (tertiary/aromatic N) is 1. The Hall–Kier alpha value is -3.57. The number of benzene rings is 3. The Morgan fingerprint density at radius 2 is 1.78 bits per heavy atom. The monoisotopic (exact) mass is 610 g/mol. The number of hydrogen-bond donors (Lipinski definition) is 1. The van der Waals surface area contributed by atoms with Gasteiger partial charge in [-0.2, -0.15) is 13.2 Å². The second-order valence-corrected chi connectivity index (χ2v) is 12.3. The maximum atomic E-state index is 14.7. The number of ether oxygens (including phenoxy) is 1. The van der Waals surface area contributed by atoms with Crippen LogP contribution in [0.1, 0.15) is 48.9 Å². The summed E-state index contributed by atoms with van der Waals surface area (Å²) in [6.45, 7) is 2.44. The van der Waals surface area contributed by atoms with Gasteiger partial charge in [0.25, 0.3) is 10.0 Å². The van der Waals surface area contributed by atoms with Crippen LogP contribution in [0.2, 0.25) is 5.02 Å². The largest absolute Gasteiger partial charge is 0.486 e. The van der Waals surface area contributed by atoms with Gasteiger partial charge in [-0.1, -0.05) is 48.0 Å². The highest BCUT2D eigenvalue weighted by molar-refractivity contribution is 7.92. The summed E-state index contributed by atoms with van der Waals surface area (Å²) >= 11 is 6.06. The summed E-state index contributed by atoms with van der Waals surface area (Å²) in [6, 6.07) is 13.5. The molecule has 0 saturated heterocycles. The molecule has 1 aliphatic heterocycles. The Bertz CT molecular complexity index is 1600. The van der Waals surface area contributed by atoms with Gasteiger partial charge in [-0.15, -0.1) is 0 Å². The highest BCUT2D eigenvalue weighted by Crippen LogP contribution is 2.40. The van der Waals surface area contributed by atoms with Crippen LogP contribution in [0.15, 0.2) is 65.6 Å². The number of anilines is 1. The predicted octanol–water partition coefficient (Wildman–Crippen LogP) is 6.96. The summed E-state index contributed by atoms with van der Waals surface area (Å²) in [7, 11) is -4.27. The molecule has 0 saturated carbocycles. The van der Waals surface area contributed by atoms with Crippen LogP contribution < -0.4 is 14.8 Å². The Balaban J connectivity index is 1.78. The Kier molecular flexibility index (Phi) is 8.42. The third-order valence-electron chi connectivity index (χ3n) is 6.54. The first-order valence-electron chi connectivity index (χ1n) is 12.5. The van der Waals surface area contributed by atoms with Gasteiger partial charge in [0.2, 0.25) is 5.91 Å². The number of sulfonamides is 1. The van der Waals surface area contributed by atoms with E-state index in [0.717, 1.165) is 10.4 Å². The van der Waals surface area contributed by atoms with Crippen LogP contribution in [0, 0.1) is 0 Å². The highest BCUT2D eigenvalue weighted by Gasteiger charge is 2.36. The summed E-state index contributed by atoms with van der Waals surface area (Å²) in [5.41, 5.74) is 2.98. The molecular formula is C29H27ClF4N2O4S. The fraction of sp³-hybridized carbons (Fsp3) is 0.276. The average Bonchev–Trinajstić information content (AvgIpc) is 2.89. The topological polar surface area (TPSA) is 89.7 Å². The Labute approximate surface area is 240 Å². The van der Waals surface area contributed by atoms with Crippen molar-refractivity contribution in [2.75, 3.05) is 10.8 Å². The van der Waals surface area contributed by atoms with E-state index in [2.05, 4.69) is 0 Å². The molecule has 3 aromatic carbocycles. The van der Waals surface area contributed by atoms with Crippen LogP contribution in [0.3, 0.4) is 0 Å². The fourth-order valence-corrected chi connectivity index (χ4v) is 6.18. The molecular weight excluding hydrogens is 584 g/mol. The molecule has 3 aromatic rings. The van der Waals surface area contributed by atoms with E-state index in [0.29, 0.717) is 5.56 Å². The molecule has 1 heterocycles. The van der Waals surface area contributed by atoms with Crippen LogP contribution in [-0.4, -0.2) is 27.0 Å². The van der Waals surface area contributed by atoms with Crippen molar-refractivity contribution in [1.82, 2.24) is 0 Å². The number of primary amides is 1. The second kappa shape index (κ2) is 11.4. The third-order valence-corrected chi connectivity index (χ3v) is 8.64. The Morgan fingerprint density at radius 1 is 1.07 bits per heavy atom. The molecule has 0 fully saturated rings. The zero-order chi connectivity index (χ0) is 30.2. The van der Waals surface area contributed by atoms with Crippen molar-refractivity contribution >= 4 is 45.4 Å². The summed E-state index contributed by atoms with van der Waals surface area (Å²) in [5.74, 6) is -0.396. The maximum absolute atomic E-state index is 14.7. The van der Waals surface area contributed by atoms with E-state index in [1.165, 1.54) is 74.5 Å². The van der Waals surface area contributed by atoms with Gasteiger partial charge in [0.15, 0.2) is 0 Å². The van der Waals surface area contributed by atoms with Crippen molar-refractivity contribution in [2.24, 2.45) is 5.73 Å². The van der Waals surface area contributed by atoms with E-state index in [1.54, 1.807) is 6.07 Å². The number of halogens is 5. The normalized spacial score (nSPS) is 16.0. The van der Waals surface area contributed by atoms with Gasteiger partial charge in [0.1, 0.15) is 17.5 Å². The minimum atomic E-state index is -4.64. The molecule has 4 rings (SSSR count). The van der Waals surface area contributed by atoms with Crippen molar-refractivity contribution in [3.8, 4) is 5.75 Å². The first kappa shape index (κ1) is 30.4. The number of hydrogen-bond acceptors (Lipinski definition) is 4. The molecule has 2 N–H and O–H groups in total. The standard InChI is InChI=1S/C29H27ClF4N2O4S/c1-28(2,31)19-5-3-6-21(16-19)41(38,39)36-17-20(11-14-27(35)37)40-26-13-10-18(15-25(26)36)9-12-22-23(29(32,33)34)7-4-8-24(22)30/h3-10,12-13,15-16,20H,11,14,17H2,1-2H3,(H2,35,37)/b12-9+/t20-/m0/s1. The summed E-state index contributed by atoms with van der Waals surface area (Å²) < 4.78 is 90.1. The lowest BCUT2D eigenvalue weighted by atomic mass is 10.0. The summed E-state index contributed by atoms with van der Waals surface area (Å²) in [5, 5.41) is -0.102. The van der Waals surface area contributed by atoms with E-state index in [1.807, 2.05) is 0 Å². The molecule has 41 heavy (non-hydrogen) atoms. The smallest absolute Gasteiger partial charge is 0.417 e. The van der Waals surface area contributed by atoms with Crippen molar-refractivity contribution in [3.05, 3.63) is 87.9 Å². The van der Waals surface area contributed by atoms with Crippen molar-refractivity contribution in [3.63, 3.8) is 0 Å². The lowest BCUT2D eigenvalue weighted by molar-refractivity contribution is -0.137.